The fourth-order valence-corrected chi connectivity index (χ4v) is 3.40. The van der Waals surface area contributed by atoms with Crippen LogP contribution in [-0.4, -0.2) is 11.1 Å². The quantitative estimate of drug-likeness (QED) is 0.604. The number of halogens is 3. The third kappa shape index (κ3) is 3.33. The second-order valence-electron chi connectivity index (χ2n) is 6.64. The molecule has 3 aromatic carbocycles. The Hall–Kier alpha value is -3.28. The van der Waals surface area contributed by atoms with Gasteiger partial charge in [0.15, 0.2) is 11.6 Å². The first kappa shape index (κ1) is 18.1. The zero-order valence-corrected chi connectivity index (χ0v) is 14.6. The van der Waals surface area contributed by atoms with E-state index in [1.54, 1.807) is 24.3 Å². The maximum Gasteiger partial charge on any atom is 0.335 e. The summed E-state index contributed by atoms with van der Waals surface area (Å²) < 4.78 is 46.5. The van der Waals surface area contributed by atoms with E-state index in [0.717, 1.165) is 22.8 Å². The van der Waals surface area contributed by atoms with E-state index in [2.05, 4.69) is 0 Å². The van der Waals surface area contributed by atoms with Crippen LogP contribution in [0.1, 0.15) is 34.0 Å². The predicted molar refractivity (Wildman–Crippen MR) is 96.8 cm³/mol. The molecule has 142 valence electrons. The van der Waals surface area contributed by atoms with Gasteiger partial charge >= 0.3 is 5.97 Å². The highest BCUT2D eigenvalue weighted by Crippen LogP contribution is 2.38. The van der Waals surface area contributed by atoms with Crippen LogP contribution in [0, 0.1) is 17.5 Å². The molecular formula is C22H15F3O3. The van der Waals surface area contributed by atoms with Crippen LogP contribution in [0.4, 0.5) is 13.2 Å². The number of benzene rings is 3. The van der Waals surface area contributed by atoms with E-state index >= 15 is 0 Å². The molecule has 3 aromatic rings. The van der Waals surface area contributed by atoms with E-state index in [9.17, 15) is 18.0 Å². The standard InChI is InChI=1S/C22H15F3O3/c23-17-11-19(25)18(24)10-16(17)21-7-5-14-8-13(4-6-20(14)28-21)12-2-1-3-15(9-12)22(26)27/h1-4,6,8-11,21H,5,7H2,(H,26,27)/t21-/m0/s1. The van der Waals surface area contributed by atoms with Crippen LogP contribution in [0.3, 0.4) is 0 Å². The first-order valence-corrected chi connectivity index (χ1v) is 8.70. The highest BCUT2D eigenvalue weighted by atomic mass is 19.2. The van der Waals surface area contributed by atoms with Crippen molar-refractivity contribution in [1.29, 1.82) is 0 Å². The number of aryl methyl sites for hydroxylation is 1. The van der Waals surface area contributed by atoms with Crippen LogP contribution >= 0.6 is 0 Å². The molecule has 0 aromatic heterocycles. The molecule has 0 spiro atoms. The molecule has 0 saturated heterocycles. The van der Waals surface area contributed by atoms with Gasteiger partial charge < -0.3 is 9.84 Å². The van der Waals surface area contributed by atoms with Gasteiger partial charge in [0.05, 0.1) is 5.56 Å². The lowest BCUT2D eigenvalue weighted by atomic mass is 9.94. The number of rotatable bonds is 3. The summed E-state index contributed by atoms with van der Waals surface area (Å²) in [5.41, 5.74) is 2.67. The lowest BCUT2D eigenvalue weighted by Crippen LogP contribution is -2.17. The zero-order chi connectivity index (χ0) is 19.8. The first-order valence-electron chi connectivity index (χ1n) is 8.70. The Morgan fingerprint density at radius 2 is 1.68 bits per heavy atom. The molecule has 0 unspecified atom stereocenters. The largest absolute Gasteiger partial charge is 0.485 e. The van der Waals surface area contributed by atoms with Crippen molar-refractivity contribution in [3.05, 3.63) is 88.7 Å². The number of carbonyl (C=O) groups is 1. The Morgan fingerprint density at radius 3 is 2.46 bits per heavy atom. The lowest BCUT2D eigenvalue weighted by Gasteiger charge is -2.27. The minimum atomic E-state index is -1.23. The predicted octanol–water partition coefficient (Wildman–Crippen LogP) is 5.54. The summed E-state index contributed by atoms with van der Waals surface area (Å²) >= 11 is 0. The van der Waals surface area contributed by atoms with Crippen LogP contribution < -0.4 is 4.74 Å². The number of hydrogen-bond acceptors (Lipinski definition) is 2. The lowest BCUT2D eigenvalue weighted by molar-refractivity contribution is 0.0697. The molecule has 1 atom stereocenters. The van der Waals surface area contributed by atoms with Gasteiger partial charge in [0, 0.05) is 11.6 Å². The van der Waals surface area contributed by atoms with Gasteiger partial charge in [0.2, 0.25) is 0 Å². The molecule has 0 radical (unpaired) electrons. The van der Waals surface area contributed by atoms with Crippen LogP contribution in [0.2, 0.25) is 0 Å². The molecule has 1 aliphatic rings. The van der Waals surface area contributed by atoms with Gasteiger partial charge in [-0.1, -0.05) is 18.2 Å². The van der Waals surface area contributed by atoms with Gasteiger partial charge in [0.1, 0.15) is 17.7 Å². The van der Waals surface area contributed by atoms with Crippen LogP contribution in [0.5, 0.6) is 5.75 Å². The summed E-state index contributed by atoms with van der Waals surface area (Å²) in [5.74, 6) is -3.64. The number of aromatic carboxylic acids is 1. The average Bonchev–Trinajstić information content (AvgIpc) is 2.70. The maximum atomic E-state index is 14.0. The molecule has 0 amide bonds. The van der Waals surface area contributed by atoms with Crippen LogP contribution in [-0.2, 0) is 6.42 Å². The van der Waals surface area contributed by atoms with Gasteiger partial charge in [-0.3, -0.25) is 0 Å². The molecule has 28 heavy (non-hydrogen) atoms. The fourth-order valence-electron chi connectivity index (χ4n) is 3.40. The maximum absolute atomic E-state index is 14.0. The number of ether oxygens (including phenoxy) is 1. The molecule has 0 saturated carbocycles. The van der Waals surface area contributed by atoms with Crippen molar-refractivity contribution in [3.63, 3.8) is 0 Å². The summed E-state index contributed by atoms with van der Waals surface area (Å²) in [6.45, 7) is 0. The molecule has 4 rings (SSSR count). The average molecular weight is 384 g/mol. The molecule has 6 heteroatoms. The van der Waals surface area contributed by atoms with Gasteiger partial charge in [-0.05, 0) is 59.9 Å². The smallest absolute Gasteiger partial charge is 0.335 e. The van der Waals surface area contributed by atoms with Gasteiger partial charge in [-0.2, -0.15) is 0 Å². The number of hydrogen-bond donors (Lipinski definition) is 1. The molecule has 1 N–H and O–H groups in total. The summed E-state index contributed by atoms with van der Waals surface area (Å²) in [7, 11) is 0. The Kier molecular flexibility index (Phi) is 4.55. The molecule has 0 bridgehead atoms. The topological polar surface area (TPSA) is 46.5 Å². The van der Waals surface area contributed by atoms with Crippen molar-refractivity contribution >= 4 is 5.97 Å². The fraction of sp³-hybridized carbons (Fsp3) is 0.136. The molecule has 0 aliphatic carbocycles. The van der Waals surface area contributed by atoms with E-state index in [0.29, 0.717) is 24.7 Å². The summed E-state index contributed by atoms with van der Waals surface area (Å²) in [6, 6.07) is 13.4. The van der Waals surface area contributed by atoms with Gasteiger partial charge in [-0.25, -0.2) is 18.0 Å². The Morgan fingerprint density at radius 1 is 0.929 bits per heavy atom. The number of fused-ring (bicyclic) bond motifs is 1. The molecule has 3 nitrogen and oxygen atoms in total. The Labute approximate surface area is 159 Å². The highest BCUT2D eigenvalue weighted by molar-refractivity contribution is 5.89. The van der Waals surface area contributed by atoms with Gasteiger partial charge in [-0.15, -0.1) is 0 Å². The first-order chi connectivity index (χ1) is 13.4. The highest BCUT2D eigenvalue weighted by Gasteiger charge is 2.25. The Bertz CT molecular complexity index is 1080. The zero-order valence-electron chi connectivity index (χ0n) is 14.6. The second-order valence-corrected chi connectivity index (χ2v) is 6.64. The summed E-state index contributed by atoms with van der Waals surface area (Å²) in [6.07, 6.45) is 0.266. The van der Waals surface area contributed by atoms with Crippen molar-refractivity contribution in [1.82, 2.24) is 0 Å². The van der Waals surface area contributed by atoms with Gasteiger partial charge in [0.25, 0.3) is 0 Å². The van der Waals surface area contributed by atoms with Crippen molar-refractivity contribution in [3.8, 4) is 16.9 Å². The van der Waals surface area contributed by atoms with E-state index in [-0.39, 0.29) is 11.1 Å². The van der Waals surface area contributed by atoms with E-state index in [4.69, 9.17) is 9.84 Å². The monoisotopic (exact) mass is 384 g/mol. The summed E-state index contributed by atoms with van der Waals surface area (Å²) in [4.78, 5) is 11.2. The van der Waals surface area contributed by atoms with Crippen molar-refractivity contribution in [2.24, 2.45) is 0 Å². The second kappa shape index (κ2) is 7.03. The van der Waals surface area contributed by atoms with E-state index in [1.807, 2.05) is 12.1 Å². The van der Waals surface area contributed by atoms with Crippen molar-refractivity contribution < 1.29 is 27.8 Å². The SMILES string of the molecule is O=C(O)c1cccc(-c2ccc3c(c2)CC[C@@H](c2cc(F)c(F)cc2F)O3)c1. The third-order valence-corrected chi connectivity index (χ3v) is 4.83. The van der Waals surface area contributed by atoms with E-state index in [1.165, 1.54) is 6.07 Å². The minimum absolute atomic E-state index is 0.0113. The minimum Gasteiger partial charge on any atom is -0.485 e. The molecular weight excluding hydrogens is 369 g/mol. The van der Waals surface area contributed by atoms with Crippen LogP contribution in [0.25, 0.3) is 11.1 Å². The number of carboxylic acid groups (broad SMARTS) is 1. The molecule has 1 aliphatic heterocycles. The molecule has 0 fully saturated rings. The van der Waals surface area contributed by atoms with Crippen molar-refractivity contribution in [2.45, 2.75) is 18.9 Å². The molecule has 1 heterocycles. The number of carboxylic acids is 1. The normalized spacial score (nSPS) is 15.6. The summed E-state index contributed by atoms with van der Waals surface area (Å²) in [5, 5.41) is 9.14. The van der Waals surface area contributed by atoms with E-state index < -0.39 is 29.5 Å². The van der Waals surface area contributed by atoms with Crippen LogP contribution in [0.15, 0.2) is 54.6 Å². The third-order valence-electron chi connectivity index (χ3n) is 4.83. The van der Waals surface area contributed by atoms with Crippen molar-refractivity contribution in [2.75, 3.05) is 0 Å². The Balaban J connectivity index is 1.63.